The fourth-order valence-electron chi connectivity index (χ4n) is 8.60. The predicted octanol–water partition coefficient (Wildman–Crippen LogP) is 9.58. The lowest BCUT2D eigenvalue weighted by Crippen LogP contribution is -2.04. The van der Waals surface area contributed by atoms with E-state index in [-0.39, 0.29) is 0 Å². The monoisotopic (exact) mass is 1310 g/mol. The maximum absolute atomic E-state index is 6.33. The van der Waals surface area contributed by atoms with Gasteiger partial charge in [0.15, 0.2) is 0 Å². The van der Waals surface area contributed by atoms with Crippen molar-refractivity contribution < 1.29 is 18.5 Å². The van der Waals surface area contributed by atoms with Crippen LogP contribution in [0.4, 0.5) is 5.82 Å². The number of hydrogen-bond donors (Lipinski definition) is 3. The Labute approximate surface area is 495 Å². The number of H-pyrrole nitrogens is 2. The summed E-state index contributed by atoms with van der Waals surface area (Å²) >= 11 is 15.7. The number of ether oxygens (including phenoxy) is 2. The lowest BCUT2D eigenvalue weighted by Gasteiger charge is -2.10. The van der Waals surface area contributed by atoms with Gasteiger partial charge < -0.3 is 34.2 Å². The second-order valence-corrected chi connectivity index (χ2v) is 36.8. The average molecular weight is 1320 g/mol. The Bertz CT molecular complexity index is 4360. The summed E-state index contributed by atoms with van der Waals surface area (Å²) in [6, 6.07) is 8.09. The molecule has 10 rings (SSSR count). The molecule has 17 nitrogen and oxygen atoms in total. The molecule has 0 aliphatic carbocycles. The molecule has 0 bridgehead atoms. The maximum Gasteiger partial charge on any atom is 0.143 e. The summed E-state index contributed by atoms with van der Waals surface area (Å²) < 4.78 is 25.7. The quantitative estimate of drug-likeness (QED) is 0.132. The minimum atomic E-state index is 0.427. The third-order valence-electron chi connectivity index (χ3n) is 12.3. The Kier molecular flexibility index (Phi) is 21.9. The molecule has 414 valence electrons. The molecule has 0 saturated carbocycles. The largest absolute Gasteiger partial charge is 0.496 e. The number of nitrogen functional groups attached to an aromatic ring is 1. The number of aromatic amines is 2. The van der Waals surface area contributed by atoms with E-state index in [2.05, 4.69) is 64.5 Å². The molecule has 0 radical (unpaired) electrons. The molecule has 2 aromatic carbocycles. The van der Waals surface area contributed by atoms with Crippen molar-refractivity contribution in [3.05, 3.63) is 97.9 Å². The first-order valence-electron chi connectivity index (χ1n) is 22.9. The molecule has 0 amide bonds. The third kappa shape index (κ3) is 14.0. The normalized spacial score (nSPS) is 10.7. The van der Waals surface area contributed by atoms with Gasteiger partial charge in [-0.15, -0.1) is 0 Å². The number of halogens is 1. The van der Waals surface area contributed by atoms with Crippen LogP contribution in [-0.2, 0) is 141 Å². The molecular formula is C47H52ClN13O4S13. The predicted molar refractivity (Wildman–Crippen MR) is 349 cm³/mol. The van der Waals surface area contributed by atoms with E-state index in [0.717, 1.165) is 135 Å². The van der Waals surface area contributed by atoms with Gasteiger partial charge in [0.25, 0.3) is 0 Å². The topological polar surface area (TPSA) is 215 Å². The first-order chi connectivity index (χ1) is 37.3. The van der Waals surface area contributed by atoms with Gasteiger partial charge in [-0.1, -0.05) is 21.9 Å². The summed E-state index contributed by atoms with van der Waals surface area (Å²) in [5.41, 5.74) is 20.8. The number of fused-ring (bicyclic) bond motifs is 6. The molecule has 0 aliphatic heterocycles. The molecule has 8 aromatic heterocycles. The molecule has 0 atom stereocenters. The summed E-state index contributed by atoms with van der Waals surface area (Å²) in [7, 11) is 25.2. The Balaban J connectivity index is 0.000000168. The second kappa shape index (κ2) is 27.8. The van der Waals surface area contributed by atoms with Gasteiger partial charge in [-0.3, -0.25) is 9.36 Å². The third-order valence-corrected chi connectivity index (χ3v) is 34.8. The minimum Gasteiger partial charge on any atom is -0.496 e. The van der Waals surface area contributed by atoms with Gasteiger partial charge in [0.1, 0.15) is 56.9 Å². The minimum absolute atomic E-state index is 0.427. The van der Waals surface area contributed by atoms with E-state index in [0.29, 0.717) is 23.0 Å². The number of nitrogens with two attached hydrogens (primary N) is 1. The van der Waals surface area contributed by atoms with Crippen molar-refractivity contribution in [2.45, 2.75) is 75.7 Å². The van der Waals surface area contributed by atoms with Crippen LogP contribution < -0.4 is 15.2 Å². The summed E-state index contributed by atoms with van der Waals surface area (Å²) in [5, 5.41) is 21.0. The van der Waals surface area contributed by atoms with Gasteiger partial charge >= 0.3 is 0 Å². The van der Waals surface area contributed by atoms with Crippen LogP contribution in [0.5, 0.6) is 11.5 Å². The second-order valence-electron chi connectivity index (χ2n) is 17.0. The number of benzene rings is 2. The summed E-state index contributed by atoms with van der Waals surface area (Å²) in [5.74, 6) is 5.09. The Morgan fingerprint density at radius 2 is 1.01 bits per heavy atom. The van der Waals surface area contributed by atoms with Crippen molar-refractivity contribution in [2.75, 3.05) is 20.0 Å². The van der Waals surface area contributed by atoms with Crippen LogP contribution in [0.2, 0.25) is 5.15 Å². The van der Waals surface area contributed by atoms with Crippen LogP contribution in [0, 0.1) is 69.2 Å². The molecule has 0 fully saturated rings. The molecular weight excluding hydrogens is 1260 g/mol. The summed E-state index contributed by atoms with van der Waals surface area (Å²) in [6.45, 7) is 19.4. The Morgan fingerprint density at radius 1 is 0.577 bits per heavy atom. The molecule has 10 aromatic rings. The van der Waals surface area contributed by atoms with Crippen LogP contribution in [0.1, 0.15) is 68.5 Å². The number of aromatic nitrogens is 12. The fraction of sp³-hybridized carbons (Fsp3) is 0.319. The van der Waals surface area contributed by atoms with Gasteiger partial charge in [0.2, 0.25) is 0 Å². The van der Waals surface area contributed by atoms with E-state index in [4.69, 9.17) is 63.2 Å². The molecule has 0 spiro atoms. The molecule has 0 aliphatic rings. The van der Waals surface area contributed by atoms with Crippen molar-refractivity contribution >= 4 is 181 Å². The highest BCUT2D eigenvalue weighted by molar-refractivity contribution is 8.75. The number of nitrogens with zero attached hydrogens (tertiary/aromatic N) is 10. The molecule has 31 heteroatoms. The van der Waals surface area contributed by atoms with Crippen molar-refractivity contribution in [2.24, 2.45) is 14.1 Å². The van der Waals surface area contributed by atoms with Crippen molar-refractivity contribution in [3.63, 3.8) is 0 Å². The molecule has 78 heavy (non-hydrogen) atoms. The Morgan fingerprint density at radius 3 is 1.40 bits per heavy atom. The van der Waals surface area contributed by atoms with Gasteiger partial charge in [-0.25, -0.2) is 19.9 Å². The summed E-state index contributed by atoms with van der Waals surface area (Å²) in [4.78, 5) is 25.0. The number of nitrogens with one attached hydrogen (secondary N) is 2. The zero-order chi connectivity index (χ0) is 56.5. The smallest absolute Gasteiger partial charge is 0.143 e. The number of aryl methyl sites for hydroxylation is 10. The zero-order valence-electron chi connectivity index (χ0n) is 44.4. The van der Waals surface area contributed by atoms with Crippen molar-refractivity contribution in [1.29, 1.82) is 0 Å². The molecule has 8 heterocycles. The SMILES string of the molecule is COc1cc2c(cc1-c1c(C)noc1C)[nH]c1nc(C)nc(Cc3c(C)c(C)nn3C)c12.COc1cc2c(cc1-c1c(C)noc1C)[nH]c1nc(C)nc(Cl)c12.Cc1nn(C)c(N)c1C.S=S=S=S=S=S=S=S=S=S=S=S=S. The van der Waals surface area contributed by atoms with Gasteiger partial charge in [0.05, 0.1) is 59.2 Å². The molecule has 0 unspecified atom stereocenters. The fourth-order valence-corrected chi connectivity index (χ4v) is 33.6. The van der Waals surface area contributed by atoms with Gasteiger partial charge in [0, 0.05) is 190 Å². The van der Waals surface area contributed by atoms with E-state index in [1.165, 1.54) is 23.3 Å². The number of hydrogen-bond acceptors (Lipinski definition) is 15. The lowest BCUT2D eigenvalue weighted by molar-refractivity contribution is 0.393. The highest BCUT2D eigenvalue weighted by Gasteiger charge is 2.23. The van der Waals surface area contributed by atoms with Gasteiger partial charge in [-0.2, -0.15) is 10.2 Å². The standard InChI is InChI=1S/C24H26N6O2.C17H15ClN4O2.C6H11N3.S13/c1-11-12(2)28-30(6)20(11)10-19-23-16-9-21(31-7)17(22-13(3)29-32-14(22)4)8-18(16)27-24(23)26-15(5)25-19;1-7-14(8(2)24-22-7)11-5-12-10(6-13(11)23-4)15-16(18)19-9(3)20-17(15)21-12;1-4-5(2)8-9(3)6(4)7;1-3-5-7-9-11-13-12-10-8-6-4-2/h8-9H,10H2,1-7H3,(H,25,26,27);5-6H,1-4H3,(H,19,20,21);7H2,1-3H3;. The van der Waals surface area contributed by atoms with Crippen LogP contribution >= 0.6 is 11.6 Å². The van der Waals surface area contributed by atoms with Crippen LogP contribution in [0.25, 0.3) is 66.1 Å². The number of rotatable bonds is 6. The average Bonchev–Trinajstić information content (AvgIpc) is 4.40. The van der Waals surface area contributed by atoms with Crippen molar-refractivity contribution in [1.82, 2.24) is 59.8 Å². The zero-order valence-corrected chi connectivity index (χ0v) is 55.8. The maximum atomic E-state index is 6.33. The van der Waals surface area contributed by atoms with E-state index in [9.17, 15) is 0 Å². The number of methoxy groups -OCH3 is 2. The molecule has 4 N–H and O–H groups in total. The van der Waals surface area contributed by atoms with Gasteiger partial charge in [-0.05, 0) is 99.1 Å². The van der Waals surface area contributed by atoms with E-state index in [1.807, 2.05) is 93.2 Å². The highest BCUT2D eigenvalue weighted by Crippen LogP contribution is 2.42. The van der Waals surface area contributed by atoms with E-state index >= 15 is 0 Å². The van der Waals surface area contributed by atoms with Crippen LogP contribution in [-0.4, -0.2) is 74.0 Å². The van der Waals surface area contributed by atoms with E-state index < -0.39 is 0 Å². The number of anilines is 1. The highest BCUT2D eigenvalue weighted by atomic mass is 35.5. The molecule has 0 saturated heterocycles. The van der Waals surface area contributed by atoms with Crippen LogP contribution in [0.3, 0.4) is 0 Å². The first kappa shape index (κ1) is 61.2. The van der Waals surface area contributed by atoms with E-state index in [1.54, 1.807) is 98.8 Å². The van der Waals surface area contributed by atoms with Crippen molar-refractivity contribution in [3.8, 4) is 33.8 Å². The first-order valence-corrected chi connectivity index (χ1v) is 39.3. The summed E-state index contributed by atoms with van der Waals surface area (Å²) in [6.07, 6.45) is 0.671. The lowest BCUT2D eigenvalue weighted by atomic mass is 10.00. The van der Waals surface area contributed by atoms with Crippen LogP contribution in [0.15, 0.2) is 33.3 Å². The Hall–Kier alpha value is -4.41.